The van der Waals surface area contributed by atoms with Crippen molar-refractivity contribution in [2.45, 2.75) is 27.2 Å². The molecule has 1 aliphatic heterocycles. The molecule has 0 amide bonds. The van der Waals surface area contributed by atoms with Crippen molar-refractivity contribution in [3.05, 3.63) is 29.3 Å². The van der Waals surface area contributed by atoms with Crippen LogP contribution in [0.15, 0.2) is 18.2 Å². The number of carbonyl (C=O) groups is 2. The van der Waals surface area contributed by atoms with Crippen LogP contribution in [0.3, 0.4) is 0 Å². The lowest BCUT2D eigenvalue weighted by Gasteiger charge is -2.33. The predicted octanol–water partition coefficient (Wildman–Crippen LogP) is 4.16. The smallest absolute Gasteiger partial charge is 0.308 e. The molecule has 7 heteroatoms. The molecule has 0 aliphatic carbocycles. The van der Waals surface area contributed by atoms with Crippen LogP contribution in [0.5, 0.6) is 23.0 Å². The van der Waals surface area contributed by atoms with Crippen LogP contribution in [-0.4, -0.2) is 39.8 Å². The van der Waals surface area contributed by atoms with E-state index in [1.165, 1.54) is 21.0 Å². The maximum absolute atomic E-state index is 11.9. The van der Waals surface area contributed by atoms with Crippen molar-refractivity contribution in [2.24, 2.45) is 0 Å². The van der Waals surface area contributed by atoms with Gasteiger partial charge in [0.25, 0.3) is 0 Å². The quantitative estimate of drug-likeness (QED) is 0.354. The van der Waals surface area contributed by atoms with Crippen LogP contribution in [0.1, 0.15) is 25.0 Å². The highest BCUT2D eigenvalue weighted by Crippen LogP contribution is 2.54. The number of esters is 2. The van der Waals surface area contributed by atoms with Crippen molar-refractivity contribution < 1.29 is 28.5 Å². The first-order chi connectivity index (χ1) is 14.8. The van der Waals surface area contributed by atoms with Crippen LogP contribution in [0.4, 0.5) is 5.69 Å². The van der Waals surface area contributed by atoms with Gasteiger partial charge in [-0.05, 0) is 47.9 Å². The second-order valence-electron chi connectivity index (χ2n) is 7.66. The van der Waals surface area contributed by atoms with E-state index in [2.05, 4.69) is 4.90 Å². The Bertz CT molecular complexity index is 1250. The van der Waals surface area contributed by atoms with Gasteiger partial charge in [-0.1, -0.05) is 0 Å². The highest BCUT2D eigenvalue weighted by Gasteiger charge is 2.31. The zero-order chi connectivity index (χ0) is 22.4. The van der Waals surface area contributed by atoms with E-state index < -0.39 is 5.97 Å². The molecule has 0 bridgehead atoms. The summed E-state index contributed by atoms with van der Waals surface area (Å²) in [6, 6.07) is 5.56. The lowest BCUT2D eigenvalue weighted by Crippen LogP contribution is -2.26. The molecule has 0 unspecified atom stereocenters. The molecule has 3 aromatic carbocycles. The molecule has 0 atom stereocenters. The van der Waals surface area contributed by atoms with Crippen LogP contribution >= 0.6 is 0 Å². The number of likely N-dealkylation sites (N-methyl/N-ethyl adjacent to an activating group) is 1. The Morgan fingerprint density at radius 1 is 0.903 bits per heavy atom. The van der Waals surface area contributed by atoms with Gasteiger partial charge < -0.3 is 23.8 Å². The molecule has 0 spiro atoms. The highest BCUT2D eigenvalue weighted by molar-refractivity contribution is 6.21. The van der Waals surface area contributed by atoms with Gasteiger partial charge in [0.2, 0.25) is 5.75 Å². The zero-order valence-electron chi connectivity index (χ0n) is 18.5. The summed E-state index contributed by atoms with van der Waals surface area (Å²) in [5.41, 5.74) is 2.99. The minimum Gasteiger partial charge on any atom is -0.492 e. The fourth-order valence-corrected chi connectivity index (χ4v) is 4.58. The van der Waals surface area contributed by atoms with Crippen LogP contribution in [0.2, 0.25) is 0 Å². The van der Waals surface area contributed by atoms with E-state index in [0.29, 0.717) is 29.4 Å². The first-order valence-electron chi connectivity index (χ1n) is 10.0. The summed E-state index contributed by atoms with van der Waals surface area (Å²) < 4.78 is 22.4. The fraction of sp³-hybridized carbons (Fsp3) is 0.333. The molecule has 1 aliphatic rings. The fourth-order valence-electron chi connectivity index (χ4n) is 4.58. The van der Waals surface area contributed by atoms with E-state index in [9.17, 15) is 9.59 Å². The predicted molar refractivity (Wildman–Crippen MR) is 119 cm³/mol. The topological polar surface area (TPSA) is 74.3 Å². The zero-order valence-corrected chi connectivity index (χ0v) is 18.5. The number of nitrogens with zero attached hydrogens (tertiary/aromatic N) is 1. The van der Waals surface area contributed by atoms with Crippen molar-refractivity contribution in [1.82, 2.24) is 0 Å². The van der Waals surface area contributed by atoms with Gasteiger partial charge in [0.05, 0.1) is 14.2 Å². The summed E-state index contributed by atoms with van der Waals surface area (Å²) >= 11 is 0. The number of hydrogen-bond acceptors (Lipinski definition) is 7. The summed E-state index contributed by atoms with van der Waals surface area (Å²) in [5.74, 6) is 0.993. The molecule has 31 heavy (non-hydrogen) atoms. The number of carbonyl (C=O) groups excluding carboxylic acids is 2. The minimum absolute atomic E-state index is 0.371. The standard InChI is InChI=1S/C24H25NO6/c1-12-18-11-15(30-13(2)26)7-8-16(18)20-19-17(9-10-25(4)21(12)19)22(31-14(3)27)24(29-6)23(20)28-5/h7-8,11H,9-10H2,1-6H3. The number of anilines is 1. The molecule has 0 saturated carbocycles. The molecule has 4 rings (SSSR count). The summed E-state index contributed by atoms with van der Waals surface area (Å²) in [5, 5.41) is 3.74. The molecule has 162 valence electrons. The van der Waals surface area contributed by atoms with Crippen molar-refractivity contribution in [3.8, 4) is 23.0 Å². The number of methoxy groups -OCH3 is 2. The average Bonchev–Trinajstić information content (AvgIpc) is 2.71. The second-order valence-corrected chi connectivity index (χ2v) is 7.66. The number of benzene rings is 3. The van der Waals surface area contributed by atoms with E-state index in [1.54, 1.807) is 13.2 Å². The number of aryl methyl sites for hydroxylation is 1. The van der Waals surface area contributed by atoms with Gasteiger partial charge in [-0.2, -0.15) is 0 Å². The van der Waals surface area contributed by atoms with Gasteiger partial charge >= 0.3 is 11.9 Å². The Balaban J connectivity index is 2.23. The summed E-state index contributed by atoms with van der Waals surface area (Å²) in [6.07, 6.45) is 0.694. The van der Waals surface area contributed by atoms with Crippen LogP contribution < -0.4 is 23.8 Å². The van der Waals surface area contributed by atoms with E-state index in [-0.39, 0.29) is 5.97 Å². The molecule has 0 N–H and O–H groups in total. The highest BCUT2D eigenvalue weighted by atomic mass is 16.6. The van der Waals surface area contributed by atoms with Crippen LogP contribution in [0, 0.1) is 6.92 Å². The Hall–Kier alpha value is -3.48. The SMILES string of the molecule is COc1c(OC(C)=O)c2c3c(c(C)c4cc(OC(C)=O)ccc4c3c1OC)N(C)CC2. The molecule has 0 aromatic heterocycles. The van der Waals surface area contributed by atoms with Gasteiger partial charge in [0, 0.05) is 49.5 Å². The normalized spacial score (nSPS) is 12.8. The summed E-state index contributed by atoms with van der Waals surface area (Å²) in [4.78, 5) is 25.6. The van der Waals surface area contributed by atoms with Crippen molar-refractivity contribution >= 4 is 39.2 Å². The third-order valence-electron chi connectivity index (χ3n) is 5.72. The molecule has 0 saturated heterocycles. The molecule has 7 nitrogen and oxygen atoms in total. The first kappa shape index (κ1) is 20.8. The molecule has 1 heterocycles. The second kappa shape index (κ2) is 7.65. The van der Waals surface area contributed by atoms with Crippen molar-refractivity contribution in [1.29, 1.82) is 0 Å². The van der Waals surface area contributed by atoms with Crippen LogP contribution in [-0.2, 0) is 16.0 Å². The minimum atomic E-state index is -0.417. The molecular weight excluding hydrogens is 398 g/mol. The van der Waals surface area contributed by atoms with E-state index in [4.69, 9.17) is 18.9 Å². The molecular formula is C24H25NO6. The van der Waals surface area contributed by atoms with Gasteiger partial charge in [-0.3, -0.25) is 9.59 Å². The third-order valence-corrected chi connectivity index (χ3v) is 5.72. The van der Waals surface area contributed by atoms with Gasteiger partial charge in [-0.15, -0.1) is 0 Å². The lowest BCUT2D eigenvalue weighted by atomic mass is 9.87. The largest absolute Gasteiger partial charge is 0.492 e. The van der Waals surface area contributed by atoms with Crippen molar-refractivity contribution in [2.75, 3.05) is 32.7 Å². The maximum Gasteiger partial charge on any atom is 0.308 e. The first-order valence-corrected chi connectivity index (χ1v) is 10.0. The third kappa shape index (κ3) is 3.21. The molecule has 3 aromatic rings. The van der Waals surface area contributed by atoms with E-state index in [0.717, 1.165) is 44.9 Å². The lowest BCUT2D eigenvalue weighted by molar-refractivity contribution is -0.132. The van der Waals surface area contributed by atoms with Gasteiger partial charge in [0.1, 0.15) is 5.75 Å². The number of ether oxygens (including phenoxy) is 4. The van der Waals surface area contributed by atoms with Crippen LogP contribution in [0.25, 0.3) is 21.5 Å². The Morgan fingerprint density at radius 2 is 1.58 bits per heavy atom. The van der Waals surface area contributed by atoms with Gasteiger partial charge in [0.15, 0.2) is 11.5 Å². The Morgan fingerprint density at radius 3 is 2.19 bits per heavy atom. The molecule has 0 fully saturated rings. The number of rotatable bonds is 4. The van der Waals surface area contributed by atoms with E-state index in [1.807, 2.05) is 26.1 Å². The molecule has 0 radical (unpaired) electrons. The number of hydrogen-bond donors (Lipinski definition) is 0. The Kier molecular flexibility index (Phi) is 5.13. The Labute approximate surface area is 180 Å². The van der Waals surface area contributed by atoms with Crippen molar-refractivity contribution in [3.63, 3.8) is 0 Å². The van der Waals surface area contributed by atoms with Gasteiger partial charge in [-0.25, -0.2) is 0 Å². The summed E-state index contributed by atoms with van der Waals surface area (Å²) in [7, 11) is 5.14. The monoisotopic (exact) mass is 423 g/mol. The average molecular weight is 423 g/mol. The summed E-state index contributed by atoms with van der Waals surface area (Å²) in [6.45, 7) is 5.55. The van der Waals surface area contributed by atoms with E-state index >= 15 is 0 Å². The maximum atomic E-state index is 11.9. The number of fused-ring (bicyclic) bond motifs is 2.